The first kappa shape index (κ1) is 20.0. The van der Waals surface area contributed by atoms with E-state index in [0.717, 1.165) is 35.6 Å². The van der Waals surface area contributed by atoms with Gasteiger partial charge < -0.3 is 0 Å². The van der Waals surface area contributed by atoms with Crippen LogP contribution in [0.3, 0.4) is 0 Å². The van der Waals surface area contributed by atoms with Crippen molar-refractivity contribution in [2.75, 3.05) is 18.5 Å². The third kappa shape index (κ3) is 4.20. The van der Waals surface area contributed by atoms with E-state index in [-0.39, 0.29) is 16.3 Å². The molecule has 0 bridgehead atoms. The Morgan fingerprint density at radius 2 is 1.86 bits per heavy atom. The van der Waals surface area contributed by atoms with Crippen LogP contribution in [0.5, 0.6) is 0 Å². The van der Waals surface area contributed by atoms with Gasteiger partial charge in [-0.15, -0.1) is 0 Å². The highest BCUT2D eigenvalue weighted by molar-refractivity contribution is 7.89. The van der Waals surface area contributed by atoms with Crippen molar-refractivity contribution in [1.29, 1.82) is 0 Å². The zero-order valence-corrected chi connectivity index (χ0v) is 16.6. The molecule has 1 saturated heterocycles. The van der Waals surface area contributed by atoms with Crippen molar-refractivity contribution in [1.82, 2.24) is 4.31 Å². The minimum absolute atomic E-state index is 0.0787. The van der Waals surface area contributed by atoms with Crippen LogP contribution in [0.4, 0.5) is 11.4 Å². The fourth-order valence-corrected chi connectivity index (χ4v) is 4.67. The van der Waals surface area contributed by atoms with Crippen LogP contribution in [-0.4, -0.2) is 37.0 Å². The van der Waals surface area contributed by atoms with Crippen molar-refractivity contribution in [2.45, 2.75) is 31.6 Å². The molecule has 2 aromatic carbocycles. The minimum Gasteiger partial charge on any atom is -0.272 e. The van der Waals surface area contributed by atoms with Gasteiger partial charge in [0.05, 0.1) is 16.0 Å². The Kier molecular flexibility index (Phi) is 5.76. The maximum atomic E-state index is 12.6. The number of rotatable bonds is 6. The predicted octanol–water partition coefficient (Wildman–Crippen LogP) is 3.44. The van der Waals surface area contributed by atoms with Crippen molar-refractivity contribution >= 4 is 27.6 Å². The highest BCUT2D eigenvalue weighted by Crippen LogP contribution is 2.30. The molecule has 0 spiro atoms. The van der Waals surface area contributed by atoms with Crippen LogP contribution in [0.1, 0.15) is 29.5 Å². The SMILES string of the molecule is Cc1ccc(/C=N\Nc2ccc(S(=O)(=O)N3CCCC3)cc2[N+](=O)[O-])c(C)c1. The average molecular weight is 402 g/mol. The van der Waals surface area contributed by atoms with E-state index in [1.165, 1.54) is 16.4 Å². The lowest BCUT2D eigenvalue weighted by molar-refractivity contribution is -0.384. The number of nitro groups is 1. The largest absolute Gasteiger partial charge is 0.295 e. The Balaban J connectivity index is 1.85. The number of hydrogen-bond donors (Lipinski definition) is 1. The molecular weight excluding hydrogens is 380 g/mol. The van der Waals surface area contributed by atoms with Crippen LogP contribution in [0.15, 0.2) is 46.4 Å². The first-order valence-electron chi connectivity index (χ1n) is 8.94. The van der Waals surface area contributed by atoms with Crippen LogP contribution in [0.2, 0.25) is 0 Å². The van der Waals surface area contributed by atoms with E-state index in [0.29, 0.717) is 13.1 Å². The third-order valence-corrected chi connectivity index (χ3v) is 6.58. The van der Waals surface area contributed by atoms with Crippen LogP contribution >= 0.6 is 0 Å². The highest BCUT2D eigenvalue weighted by atomic mass is 32.2. The third-order valence-electron chi connectivity index (χ3n) is 4.68. The number of hydrogen-bond acceptors (Lipinski definition) is 6. The molecule has 28 heavy (non-hydrogen) atoms. The molecule has 3 rings (SSSR count). The number of benzene rings is 2. The zero-order chi connectivity index (χ0) is 20.3. The Bertz CT molecular complexity index is 1030. The molecule has 8 nitrogen and oxygen atoms in total. The number of nitrogens with one attached hydrogen (secondary N) is 1. The number of aryl methyl sites for hydroxylation is 2. The second kappa shape index (κ2) is 8.07. The van der Waals surface area contributed by atoms with E-state index in [1.807, 2.05) is 32.0 Å². The molecule has 148 valence electrons. The van der Waals surface area contributed by atoms with Crippen molar-refractivity contribution in [3.05, 3.63) is 63.2 Å². The monoisotopic (exact) mass is 402 g/mol. The Hall–Kier alpha value is -2.78. The van der Waals surface area contributed by atoms with Crippen molar-refractivity contribution < 1.29 is 13.3 Å². The smallest absolute Gasteiger partial charge is 0.272 e. The Morgan fingerprint density at radius 3 is 2.50 bits per heavy atom. The standard InChI is InChI=1S/C19H22N4O4S/c1-14-5-6-16(15(2)11-14)13-20-21-18-8-7-17(12-19(18)23(24)25)28(26,27)22-9-3-4-10-22/h5-8,11-13,21H,3-4,9-10H2,1-2H3/b20-13-. The fraction of sp³-hybridized carbons (Fsp3) is 0.316. The molecule has 9 heteroatoms. The van der Waals surface area contributed by atoms with E-state index < -0.39 is 14.9 Å². The summed E-state index contributed by atoms with van der Waals surface area (Å²) in [6.07, 6.45) is 3.18. The molecule has 1 aliphatic heterocycles. The first-order valence-corrected chi connectivity index (χ1v) is 10.4. The van der Waals surface area contributed by atoms with Gasteiger partial charge in [0.25, 0.3) is 5.69 Å². The lowest BCUT2D eigenvalue weighted by Crippen LogP contribution is -2.27. The maximum Gasteiger partial charge on any atom is 0.295 e. The summed E-state index contributed by atoms with van der Waals surface area (Å²) in [5.74, 6) is 0. The van der Waals surface area contributed by atoms with Gasteiger partial charge in [-0.3, -0.25) is 15.5 Å². The van der Waals surface area contributed by atoms with Crippen molar-refractivity contribution in [3.63, 3.8) is 0 Å². The molecule has 1 fully saturated rings. The number of nitro benzene ring substituents is 1. The van der Waals surface area contributed by atoms with E-state index in [9.17, 15) is 18.5 Å². The second-order valence-corrected chi connectivity index (χ2v) is 8.72. The van der Waals surface area contributed by atoms with Gasteiger partial charge in [-0.1, -0.05) is 23.8 Å². The lowest BCUT2D eigenvalue weighted by atomic mass is 10.1. The first-order chi connectivity index (χ1) is 13.3. The van der Waals surface area contributed by atoms with Gasteiger partial charge >= 0.3 is 0 Å². The number of hydrazone groups is 1. The lowest BCUT2D eigenvalue weighted by Gasteiger charge is -2.15. The molecular formula is C19H22N4O4S. The van der Waals surface area contributed by atoms with E-state index in [2.05, 4.69) is 10.5 Å². The average Bonchev–Trinajstić information content (AvgIpc) is 3.19. The number of anilines is 1. The normalized spacial score (nSPS) is 15.2. The van der Waals surface area contributed by atoms with Gasteiger partial charge in [-0.2, -0.15) is 9.41 Å². The van der Waals surface area contributed by atoms with E-state index in [4.69, 9.17) is 0 Å². The topological polar surface area (TPSA) is 105 Å². The second-order valence-electron chi connectivity index (χ2n) is 6.78. The summed E-state index contributed by atoms with van der Waals surface area (Å²) in [7, 11) is -3.72. The molecule has 0 atom stereocenters. The van der Waals surface area contributed by atoms with E-state index in [1.54, 1.807) is 6.21 Å². The number of nitrogens with zero attached hydrogens (tertiary/aromatic N) is 3. The van der Waals surface area contributed by atoms with Gasteiger partial charge in [0, 0.05) is 19.2 Å². The van der Waals surface area contributed by atoms with Gasteiger partial charge in [-0.05, 0) is 49.9 Å². The molecule has 0 amide bonds. The number of sulfonamides is 1. The summed E-state index contributed by atoms with van der Waals surface area (Å²) in [6, 6.07) is 9.71. The molecule has 1 aliphatic rings. The summed E-state index contributed by atoms with van der Waals surface area (Å²) in [5, 5.41) is 15.5. The summed E-state index contributed by atoms with van der Waals surface area (Å²) in [5.41, 5.74) is 5.50. The molecule has 0 aromatic heterocycles. The van der Waals surface area contributed by atoms with Crippen molar-refractivity contribution in [2.24, 2.45) is 5.10 Å². The highest BCUT2D eigenvalue weighted by Gasteiger charge is 2.29. The summed E-state index contributed by atoms with van der Waals surface area (Å²) < 4.78 is 26.6. The molecule has 0 radical (unpaired) electrons. The fourth-order valence-electron chi connectivity index (χ4n) is 3.14. The molecule has 0 unspecified atom stereocenters. The molecule has 2 aromatic rings. The van der Waals surface area contributed by atoms with Gasteiger partial charge in [0.2, 0.25) is 10.0 Å². The minimum atomic E-state index is -3.72. The van der Waals surface area contributed by atoms with Crippen LogP contribution in [0.25, 0.3) is 0 Å². The Morgan fingerprint density at radius 1 is 1.14 bits per heavy atom. The van der Waals surface area contributed by atoms with Crippen LogP contribution in [0, 0.1) is 24.0 Å². The Labute approximate surface area is 164 Å². The quantitative estimate of drug-likeness (QED) is 0.453. The van der Waals surface area contributed by atoms with Gasteiger partial charge in [0.1, 0.15) is 5.69 Å². The van der Waals surface area contributed by atoms with Gasteiger partial charge in [-0.25, -0.2) is 8.42 Å². The molecule has 1 N–H and O–H groups in total. The predicted molar refractivity (Wildman–Crippen MR) is 108 cm³/mol. The van der Waals surface area contributed by atoms with Gasteiger partial charge in [0.15, 0.2) is 0 Å². The summed E-state index contributed by atoms with van der Waals surface area (Å²) >= 11 is 0. The van der Waals surface area contributed by atoms with Crippen LogP contribution < -0.4 is 5.43 Å². The van der Waals surface area contributed by atoms with Crippen molar-refractivity contribution in [3.8, 4) is 0 Å². The summed E-state index contributed by atoms with van der Waals surface area (Å²) in [6.45, 7) is 4.83. The van der Waals surface area contributed by atoms with Crippen LogP contribution in [-0.2, 0) is 10.0 Å². The molecule has 1 heterocycles. The summed E-state index contributed by atoms with van der Waals surface area (Å²) in [4.78, 5) is 10.8. The zero-order valence-electron chi connectivity index (χ0n) is 15.8. The molecule has 0 aliphatic carbocycles. The molecule has 0 saturated carbocycles. The maximum absolute atomic E-state index is 12.6. The van der Waals surface area contributed by atoms with E-state index >= 15 is 0 Å².